The van der Waals surface area contributed by atoms with Crippen LogP contribution in [0.2, 0.25) is 0 Å². The van der Waals surface area contributed by atoms with Crippen LogP contribution in [0.4, 0.5) is 0 Å². The summed E-state index contributed by atoms with van der Waals surface area (Å²) in [6, 6.07) is 15.4. The van der Waals surface area contributed by atoms with Gasteiger partial charge in [0.1, 0.15) is 0 Å². The van der Waals surface area contributed by atoms with Crippen LogP contribution in [-0.2, 0) is 0 Å². The lowest BCUT2D eigenvalue weighted by atomic mass is 9.83. The van der Waals surface area contributed by atoms with Gasteiger partial charge in [-0.3, -0.25) is 4.98 Å². The van der Waals surface area contributed by atoms with E-state index < -0.39 is 0 Å². The average molecular weight is 252 g/mol. The standard InChI is InChI=1S/C17H20N2/c1-17(2)15(13-8-10-18-11-9-13)12-16(19-17)14-6-4-3-5-7-14/h3-11,15-16,19H,12H2,1-2H3. The van der Waals surface area contributed by atoms with E-state index in [9.17, 15) is 0 Å². The van der Waals surface area contributed by atoms with E-state index in [-0.39, 0.29) is 5.54 Å². The molecule has 1 aliphatic heterocycles. The summed E-state index contributed by atoms with van der Waals surface area (Å²) in [7, 11) is 0. The first-order valence-electron chi connectivity index (χ1n) is 6.89. The van der Waals surface area contributed by atoms with Crippen LogP contribution in [-0.4, -0.2) is 10.5 Å². The number of hydrogen-bond donors (Lipinski definition) is 1. The molecule has 1 aromatic carbocycles. The van der Waals surface area contributed by atoms with E-state index in [1.807, 2.05) is 12.4 Å². The van der Waals surface area contributed by atoms with Gasteiger partial charge < -0.3 is 5.32 Å². The highest BCUT2D eigenvalue weighted by Crippen LogP contribution is 2.43. The van der Waals surface area contributed by atoms with E-state index in [0.717, 1.165) is 6.42 Å². The number of benzene rings is 1. The number of rotatable bonds is 2. The van der Waals surface area contributed by atoms with Crippen molar-refractivity contribution in [2.45, 2.75) is 37.8 Å². The summed E-state index contributed by atoms with van der Waals surface area (Å²) in [6.45, 7) is 4.59. The third kappa shape index (κ3) is 2.41. The Kier molecular flexibility index (Phi) is 3.11. The maximum absolute atomic E-state index is 4.12. The Bertz CT molecular complexity index is 534. The fourth-order valence-electron chi connectivity index (χ4n) is 3.19. The molecule has 19 heavy (non-hydrogen) atoms. The molecule has 98 valence electrons. The van der Waals surface area contributed by atoms with Crippen molar-refractivity contribution in [2.75, 3.05) is 0 Å². The van der Waals surface area contributed by atoms with Gasteiger partial charge in [0.2, 0.25) is 0 Å². The molecule has 2 atom stereocenters. The molecule has 2 unspecified atom stereocenters. The highest BCUT2D eigenvalue weighted by Gasteiger charge is 2.40. The second-order valence-electron chi connectivity index (χ2n) is 5.90. The van der Waals surface area contributed by atoms with E-state index in [2.05, 4.69) is 66.6 Å². The molecule has 3 rings (SSSR count). The Balaban J connectivity index is 1.88. The summed E-state index contributed by atoms with van der Waals surface area (Å²) in [5.74, 6) is 0.528. The van der Waals surface area contributed by atoms with Gasteiger partial charge in [-0.15, -0.1) is 0 Å². The summed E-state index contributed by atoms with van der Waals surface area (Å²) in [6.07, 6.45) is 4.92. The van der Waals surface area contributed by atoms with Crippen molar-refractivity contribution in [3.63, 3.8) is 0 Å². The molecule has 0 radical (unpaired) electrons. The van der Waals surface area contributed by atoms with E-state index in [4.69, 9.17) is 0 Å². The highest BCUT2D eigenvalue weighted by atomic mass is 15.0. The lowest BCUT2D eigenvalue weighted by Crippen LogP contribution is -2.37. The zero-order valence-corrected chi connectivity index (χ0v) is 11.5. The largest absolute Gasteiger partial charge is 0.304 e. The smallest absolute Gasteiger partial charge is 0.0331 e. The van der Waals surface area contributed by atoms with Crippen LogP contribution >= 0.6 is 0 Å². The molecule has 0 bridgehead atoms. The van der Waals surface area contributed by atoms with Crippen molar-refractivity contribution in [1.29, 1.82) is 0 Å². The topological polar surface area (TPSA) is 24.9 Å². The predicted molar refractivity (Wildman–Crippen MR) is 78.0 cm³/mol. The van der Waals surface area contributed by atoms with Crippen LogP contribution in [0.3, 0.4) is 0 Å². The van der Waals surface area contributed by atoms with Crippen molar-refractivity contribution in [3.8, 4) is 0 Å². The van der Waals surface area contributed by atoms with E-state index >= 15 is 0 Å². The molecular formula is C17H20N2. The van der Waals surface area contributed by atoms with Gasteiger partial charge in [0.05, 0.1) is 0 Å². The van der Waals surface area contributed by atoms with Crippen LogP contribution < -0.4 is 5.32 Å². The molecule has 1 fully saturated rings. The van der Waals surface area contributed by atoms with Crippen molar-refractivity contribution < 1.29 is 0 Å². The molecule has 2 nitrogen and oxygen atoms in total. The number of hydrogen-bond acceptors (Lipinski definition) is 2. The maximum atomic E-state index is 4.12. The first-order valence-corrected chi connectivity index (χ1v) is 6.89. The van der Waals surface area contributed by atoms with Gasteiger partial charge in [-0.05, 0) is 43.5 Å². The van der Waals surface area contributed by atoms with Crippen molar-refractivity contribution in [3.05, 3.63) is 66.0 Å². The van der Waals surface area contributed by atoms with E-state index in [1.54, 1.807) is 0 Å². The molecule has 0 aliphatic carbocycles. The van der Waals surface area contributed by atoms with E-state index in [1.165, 1.54) is 11.1 Å². The minimum atomic E-state index is 0.113. The highest BCUT2D eigenvalue weighted by molar-refractivity contribution is 5.28. The molecule has 1 saturated heterocycles. The number of nitrogens with one attached hydrogen (secondary N) is 1. The molecule has 0 amide bonds. The number of aromatic nitrogens is 1. The van der Waals surface area contributed by atoms with Crippen LogP contribution in [0, 0.1) is 0 Å². The molecule has 2 heteroatoms. The van der Waals surface area contributed by atoms with Crippen LogP contribution in [0.1, 0.15) is 43.4 Å². The molecule has 1 aliphatic rings. The summed E-state index contributed by atoms with van der Waals surface area (Å²) in [5, 5.41) is 3.77. The van der Waals surface area contributed by atoms with E-state index in [0.29, 0.717) is 12.0 Å². The Morgan fingerprint density at radius 2 is 1.68 bits per heavy atom. The average Bonchev–Trinajstić information content (AvgIpc) is 2.77. The van der Waals surface area contributed by atoms with Gasteiger partial charge in [0, 0.05) is 29.9 Å². The zero-order chi connectivity index (χ0) is 13.3. The molecule has 1 aromatic heterocycles. The third-order valence-corrected chi connectivity index (χ3v) is 4.20. The van der Waals surface area contributed by atoms with Crippen LogP contribution in [0.15, 0.2) is 54.9 Å². The first kappa shape index (κ1) is 12.4. The van der Waals surface area contributed by atoms with Gasteiger partial charge in [-0.2, -0.15) is 0 Å². The summed E-state index contributed by atoms with van der Waals surface area (Å²) >= 11 is 0. The van der Waals surface area contributed by atoms with Gasteiger partial charge in [-0.1, -0.05) is 30.3 Å². The fourth-order valence-corrected chi connectivity index (χ4v) is 3.19. The van der Waals surface area contributed by atoms with Crippen LogP contribution in [0.5, 0.6) is 0 Å². The van der Waals surface area contributed by atoms with Gasteiger partial charge in [-0.25, -0.2) is 0 Å². The Morgan fingerprint density at radius 3 is 2.37 bits per heavy atom. The zero-order valence-electron chi connectivity index (χ0n) is 11.5. The van der Waals surface area contributed by atoms with Gasteiger partial charge in [0.15, 0.2) is 0 Å². The number of nitrogens with zero attached hydrogens (tertiary/aromatic N) is 1. The normalized spacial score (nSPS) is 25.4. The number of pyridine rings is 1. The molecule has 0 saturated carbocycles. The summed E-state index contributed by atoms with van der Waals surface area (Å²) in [4.78, 5) is 4.12. The van der Waals surface area contributed by atoms with Crippen molar-refractivity contribution >= 4 is 0 Å². The summed E-state index contributed by atoms with van der Waals surface area (Å²) in [5.41, 5.74) is 2.88. The van der Waals surface area contributed by atoms with Gasteiger partial charge in [0.25, 0.3) is 0 Å². The summed E-state index contributed by atoms with van der Waals surface area (Å²) < 4.78 is 0. The SMILES string of the molecule is CC1(C)NC(c2ccccc2)CC1c1ccncc1. The Morgan fingerprint density at radius 1 is 1.00 bits per heavy atom. The second kappa shape index (κ2) is 4.78. The molecule has 2 heterocycles. The quantitative estimate of drug-likeness (QED) is 0.882. The van der Waals surface area contributed by atoms with Crippen LogP contribution in [0.25, 0.3) is 0 Å². The Hall–Kier alpha value is -1.67. The molecular weight excluding hydrogens is 232 g/mol. The van der Waals surface area contributed by atoms with Crippen molar-refractivity contribution in [1.82, 2.24) is 10.3 Å². The lowest BCUT2D eigenvalue weighted by molar-refractivity contribution is 0.397. The molecule has 1 N–H and O–H groups in total. The van der Waals surface area contributed by atoms with Crippen molar-refractivity contribution in [2.24, 2.45) is 0 Å². The second-order valence-corrected chi connectivity index (χ2v) is 5.90. The lowest BCUT2D eigenvalue weighted by Gasteiger charge is -2.27. The molecule has 0 spiro atoms. The third-order valence-electron chi connectivity index (χ3n) is 4.20. The maximum Gasteiger partial charge on any atom is 0.0331 e. The minimum Gasteiger partial charge on any atom is -0.304 e. The van der Waals surface area contributed by atoms with Gasteiger partial charge >= 0.3 is 0 Å². The monoisotopic (exact) mass is 252 g/mol. The Labute approximate surface area is 114 Å². The molecule has 2 aromatic rings. The fraction of sp³-hybridized carbons (Fsp3) is 0.353. The minimum absolute atomic E-state index is 0.113. The first-order chi connectivity index (χ1) is 9.17. The predicted octanol–water partition coefficient (Wildman–Crippen LogP) is 3.68.